The Labute approximate surface area is 401 Å². The number of nitrogens with zero attached hydrogens (tertiary/aromatic N) is 2. The third-order valence-corrected chi connectivity index (χ3v) is 13.5. The van der Waals surface area contributed by atoms with Crippen LogP contribution in [0.5, 0.6) is 11.5 Å². The molecule has 5 aromatic carbocycles. The van der Waals surface area contributed by atoms with Gasteiger partial charge >= 0.3 is 0 Å². The number of hydrogen-bond donors (Lipinski definition) is 2. The third-order valence-electron chi connectivity index (χ3n) is 12.6. The van der Waals surface area contributed by atoms with Gasteiger partial charge in [0.05, 0.1) is 36.0 Å². The summed E-state index contributed by atoms with van der Waals surface area (Å²) in [5.74, 6) is 1.61. The molecule has 0 amide bonds. The van der Waals surface area contributed by atoms with Gasteiger partial charge in [-0.25, -0.2) is 9.97 Å². The monoisotopic (exact) mass is 988 g/mol. The highest BCUT2D eigenvalue weighted by atomic mass is 79.9. The highest BCUT2D eigenvalue weighted by Crippen LogP contribution is 2.43. The van der Waals surface area contributed by atoms with Crippen LogP contribution in [0.2, 0.25) is 0 Å². The second-order valence-electron chi connectivity index (χ2n) is 16.9. The normalized spacial score (nSPS) is 13.8. The lowest BCUT2D eigenvalue weighted by Gasteiger charge is -2.14. The van der Waals surface area contributed by atoms with Crippen molar-refractivity contribution in [2.24, 2.45) is 0 Å². The standard InChI is InChI=1S/C58H46Br2N4O2/c59-41-21-31-53-43(35-41)57-49-27-23-45(61-49)55(39-13-3-1-4-14-39)46-24-28-50(62-46)58(52-30-26-48(64-52)56(40-15-5-2-6-16-40)47-25-29-51(57)63-47)44-36-42(60)22-32-54(44)66-34-10-8-12-38-19-17-37(18-20-38)11-7-9-33-65-53/h1-6,13-32,35-36,61,64H,7-12,33-34H2. The van der Waals surface area contributed by atoms with Gasteiger partial charge in [-0.15, -0.1) is 0 Å². The van der Waals surface area contributed by atoms with Gasteiger partial charge in [-0.1, -0.05) is 117 Å². The van der Waals surface area contributed by atoms with Crippen LogP contribution >= 0.6 is 31.9 Å². The van der Waals surface area contributed by atoms with Crippen LogP contribution in [0.4, 0.5) is 0 Å². The Morgan fingerprint density at radius 1 is 0.394 bits per heavy atom. The van der Waals surface area contributed by atoms with Gasteiger partial charge in [0.2, 0.25) is 0 Å². The number of aromatic amines is 2. The van der Waals surface area contributed by atoms with E-state index in [1.807, 2.05) is 0 Å². The molecule has 6 nitrogen and oxygen atoms in total. The minimum atomic E-state index is 0.593. The predicted octanol–water partition coefficient (Wildman–Crippen LogP) is 16.0. The molecule has 0 radical (unpaired) electrons. The Kier molecular flexibility index (Phi) is 11.8. The predicted molar refractivity (Wildman–Crippen MR) is 279 cm³/mol. The maximum atomic E-state index is 6.75. The minimum Gasteiger partial charge on any atom is -0.493 e. The van der Waals surface area contributed by atoms with Crippen LogP contribution in [0, 0.1) is 0 Å². The summed E-state index contributed by atoms with van der Waals surface area (Å²) < 4.78 is 15.4. The molecule has 0 spiro atoms. The van der Waals surface area contributed by atoms with Gasteiger partial charge in [0.1, 0.15) is 11.5 Å². The molecule has 324 valence electrons. The number of aromatic nitrogens is 4. The first-order valence-corrected chi connectivity index (χ1v) is 24.3. The molecule has 8 aromatic rings. The fourth-order valence-corrected chi connectivity index (χ4v) is 10.1. The lowest BCUT2D eigenvalue weighted by Crippen LogP contribution is -2.01. The van der Waals surface area contributed by atoms with Crippen LogP contribution in [0.25, 0.3) is 90.9 Å². The topological polar surface area (TPSA) is 75.8 Å². The number of ether oxygens (including phenoxy) is 2. The second-order valence-corrected chi connectivity index (χ2v) is 18.8. The Morgan fingerprint density at radius 2 is 0.773 bits per heavy atom. The van der Waals surface area contributed by atoms with Crippen molar-refractivity contribution in [3.8, 4) is 56.0 Å². The first kappa shape index (κ1) is 41.9. The van der Waals surface area contributed by atoms with Crippen molar-refractivity contribution >= 4 is 78.2 Å². The summed E-state index contributed by atoms with van der Waals surface area (Å²) in [6, 6.07) is 51.4. The zero-order chi connectivity index (χ0) is 44.4. The van der Waals surface area contributed by atoms with E-state index in [0.717, 1.165) is 148 Å². The molecule has 6 aliphatic rings. The molecule has 0 saturated carbocycles. The summed E-state index contributed by atoms with van der Waals surface area (Å²) in [6.07, 6.45) is 14.5. The first-order chi connectivity index (χ1) is 32.5. The highest BCUT2D eigenvalue weighted by molar-refractivity contribution is 9.10. The van der Waals surface area contributed by atoms with Crippen LogP contribution in [0.15, 0.2) is 155 Å². The van der Waals surface area contributed by atoms with Crippen molar-refractivity contribution < 1.29 is 9.47 Å². The molecule has 0 unspecified atom stereocenters. The molecule has 3 aromatic heterocycles. The van der Waals surface area contributed by atoms with Crippen molar-refractivity contribution in [2.45, 2.75) is 38.5 Å². The van der Waals surface area contributed by atoms with Crippen LogP contribution in [-0.4, -0.2) is 33.1 Å². The van der Waals surface area contributed by atoms with E-state index in [0.29, 0.717) is 13.2 Å². The van der Waals surface area contributed by atoms with Crippen LogP contribution < -0.4 is 9.47 Å². The largest absolute Gasteiger partial charge is 0.493 e. The number of H-pyrrole nitrogens is 2. The fraction of sp³-hybridized carbons (Fsp3) is 0.138. The second kappa shape index (κ2) is 18.6. The van der Waals surface area contributed by atoms with E-state index >= 15 is 0 Å². The molecule has 9 heterocycles. The number of aryl methyl sites for hydroxylation is 2. The van der Waals surface area contributed by atoms with Gasteiger partial charge in [0.25, 0.3) is 0 Å². The summed E-state index contributed by atoms with van der Waals surface area (Å²) in [4.78, 5) is 18.9. The molecule has 0 saturated heterocycles. The SMILES string of the molecule is Brc1ccc2c(c1)-c1c3nc(c(-c4ccccc4)c4ccc([nH]4)c(c4nc(c(-c5ccccc5)c5ccc1[nH]5)C=C4)-c1cc(Br)ccc1OCCCCc1ccc(cc1)CCCCO2)C=C3. The minimum absolute atomic E-state index is 0.593. The summed E-state index contributed by atoms with van der Waals surface area (Å²) in [5, 5.41) is 0. The number of hydrogen-bond acceptors (Lipinski definition) is 4. The van der Waals surface area contributed by atoms with Crippen molar-refractivity contribution in [2.75, 3.05) is 13.2 Å². The molecular weight excluding hydrogens is 944 g/mol. The number of halogens is 2. The van der Waals surface area contributed by atoms with E-state index in [9.17, 15) is 0 Å². The Balaban J connectivity index is 1.24. The highest BCUT2D eigenvalue weighted by Gasteiger charge is 2.22. The summed E-state index contributed by atoms with van der Waals surface area (Å²) in [7, 11) is 0. The number of rotatable bonds is 2. The van der Waals surface area contributed by atoms with Crippen molar-refractivity contribution in [1.82, 2.24) is 19.9 Å². The quantitative estimate of drug-likeness (QED) is 0.181. The Bertz CT molecular complexity index is 3110. The Hall–Kier alpha value is -6.74. The zero-order valence-electron chi connectivity index (χ0n) is 36.3. The van der Waals surface area contributed by atoms with Gasteiger partial charge < -0.3 is 19.4 Å². The van der Waals surface area contributed by atoms with Gasteiger partial charge in [0, 0.05) is 64.4 Å². The van der Waals surface area contributed by atoms with Crippen molar-refractivity contribution in [3.05, 3.63) is 188 Å². The number of benzene rings is 5. The molecule has 0 aliphatic carbocycles. The zero-order valence-corrected chi connectivity index (χ0v) is 39.5. The van der Waals surface area contributed by atoms with Crippen molar-refractivity contribution in [3.63, 3.8) is 0 Å². The first-order valence-electron chi connectivity index (χ1n) is 22.7. The van der Waals surface area contributed by atoms with E-state index in [4.69, 9.17) is 19.4 Å². The van der Waals surface area contributed by atoms with Gasteiger partial charge in [-0.2, -0.15) is 0 Å². The Morgan fingerprint density at radius 3 is 1.18 bits per heavy atom. The molecule has 2 N–H and O–H groups in total. The van der Waals surface area contributed by atoms with E-state index in [1.165, 1.54) is 11.1 Å². The molecule has 6 aliphatic heterocycles. The molecule has 66 heavy (non-hydrogen) atoms. The third kappa shape index (κ3) is 8.59. The summed E-state index contributed by atoms with van der Waals surface area (Å²) in [6.45, 7) is 1.19. The van der Waals surface area contributed by atoms with Crippen molar-refractivity contribution in [1.29, 1.82) is 0 Å². The molecule has 0 atom stereocenters. The summed E-state index contributed by atoms with van der Waals surface area (Å²) in [5.41, 5.74) is 17.6. The molecule has 14 rings (SSSR count). The fourth-order valence-electron chi connectivity index (χ4n) is 9.34. The average Bonchev–Trinajstić information content (AvgIpc) is 4.20. The van der Waals surface area contributed by atoms with Gasteiger partial charge in [-0.3, -0.25) is 0 Å². The van der Waals surface area contributed by atoms with E-state index in [1.54, 1.807) is 0 Å². The molecule has 8 heteroatoms. The maximum Gasteiger partial charge on any atom is 0.127 e. The van der Waals surface area contributed by atoms with Gasteiger partial charge in [-0.05, 0) is 146 Å². The van der Waals surface area contributed by atoms with E-state index < -0.39 is 0 Å². The lowest BCUT2D eigenvalue weighted by atomic mass is 10.0. The smallest absolute Gasteiger partial charge is 0.127 e. The van der Waals surface area contributed by atoms with E-state index in [2.05, 4.69) is 212 Å². The average molecular weight is 991 g/mol. The molecule has 0 fully saturated rings. The van der Waals surface area contributed by atoms with Crippen LogP contribution in [-0.2, 0) is 12.8 Å². The molecular formula is C58H46Br2N4O2. The van der Waals surface area contributed by atoms with Gasteiger partial charge in [0.15, 0.2) is 0 Å². The number of nitrogens with one attached hydrogen (secondary N) is 2. The van der Waals surface area contributed by atoms with E-state index in [-0.39, 0.29) is 0 Å². The molecule has 12 bridgehead atoms. The lowest BCUT2D eigenvalue weighted by molar-refractivity contribution is 0.308. The van der Waals surface area contributed by atoms with Crippen LogP contribution in [0.1, 0.15) is 59.6 Å². The maximum absolute atomic E-state index is 6.75. The van der Waals surface area contributed by atoms with Crippen LogP contribution in [0.3, 0.4) is 0 Å². The summed E-state index contributed by atoms with van der Waals surface area (Å²) >= 11 is 7.66.